The number of hydrogen-bond acceptors (Lipinski definition) is 6. The van der Waals surface area contributed by atoms with Crippen molar-refractivity contribution in [3.05, 3.63) is 11.8 Å². The van der Waals surface area contributed by atoms with Crippen molar-refractivity contribution in [3.63, 3.8) is 0 Å². The van der Waals surface area contributed by atoms with E-state index in [9.17, 15) is 4.79 Å². The van der Waals surface area contributed by atoms with Crippen LogP contribution in [0.1, 0.15) is 18.7 Å². The van der Waals surface area contributed by atoms with Crippen molar-refractivity contribution >= 4 is 6.09 Å². The zero-order valence-corrected chi connectivity index (χ0v) is 10.8. The maximum absolute atomic E-state index is 11.5. The maximum atomic E-state index is 11.5. The number of rotatable bonds is 3. The summed E-state index contributed by atoms with van der Waals surface area (Å²) in [7, 11) is 0. The summed E-state index contributed by atoms with van der Waals surface area (Å²) in [5.74, 6) is 1.20. The molecule has 1 aliphatic heterocycles. The topological polar surface area (TPSA) is 71.7 Å². The number of ether oxygens (including phenoxy) is 1. The van der Waals surface area contributed by atoms with Gasteiger partial charge in [-0.3, -0.25) is 4.90 Å². The van der Waals surface area contributed by atoms with Crippen molar-refractivity contribution < 1.29 is 13.9 Å². The van der Waals surface area contributed by atoms with Crippen molar-refractivity contribution in [2.45, 2.75) is 20.4 Å². The fraction of sp³-hybridized carbons (Fsp3) is 0.727. The maximum Gasteiger partial charge on any atom is 0.409 e. The molecular formula is C11H18N4O3. The molecule has 100 valence electrons. The van der Waals surface area contributed by atoms with E-state index in [-0.39, 0.29) is 6.09 Å². The smallest absolute Gasteiger partial charge is 0.409 e. The third-order valence-electron chi connectivity index (χ3n) is 2.83. The number of aromatic nitrogens is 2. The normalized spacial score (nSPS) is 16.9. The monoisotopic (exact) mass is 254 g/mol. The summed E-state index contributed by atoms with van der Waals surface area (Å²) >= 11 is 0. The Morgan fingerprint density at radius 3 is 2.61 bits per heavy atom. The first-order valence-corrected chi connectivity index (χ1v) is 6.12. The van der Waals surface area contributed by atoms with Gasteiger partial charge in [0.15, 0.2) is 0 Å². The number of aryl methyl sites for hydroxylation is 1. The van der Waals surface area contributed by atoms with Crippen LogP contribution in [0.5, 0.6) is 0 Å². The highest BCUT2D eigenvalue weighted by Gasteiger charge is 2.22. The van der Waals surface area contributed by atoms with E-state index in [0.717, 1.165) is 13.1 Å². The van der Waals surface area contributed by atoms with Crippen LogP contribution >= 0.6 is 0 Å². The fourth-order valence-electron chi connectivity index (χ4n) is 1.90. The molecule has 0 unspecified atom stereocenters. The predicted molar refractivity (Wildman–Crippen MR) is 62.9 cm³/mol. The summed E-state index contributed by atoms with van der Waals surface area (Å²) in [6.45, 7) is 7.57. The average molecular weight is 254 g/mol. The van der Waals surface area contributed by atoms with E-state index < -0.39 is 0 Å². The van der Waals surface area contributed by atoms with Gasteiger partial charge in [0, 0.05) is 33.1 Å². The molecule has 1 aromatic heterocycles. The fourth-order valence-corrected chi connectivity index (χ4v) is 1.90. The van der Waals surface area contributed by atoms with Gasteiger partial charge in [-0.25, -0.2) is 4.79 Å². The van der Waals surface area contributed by atoms with E-state index in [1.807, 2.05) is 6.92 Å². The molecule has 0 atom stereocenters. The van der Waals surface area contributed by atoms with Gasteiger partial charge in [-0.1, -0.05) is 0 Å². The molecule has 18 heavy (non-hydrogen) atoms. The molecule has 0 spiro atoms. The van der Waals surface area contributed by atoms with Gasteiger partial charge >= 0.3 is 6.09 Å². The van der Waals surface area contributed by atoms with Crippen LogP contribution < -0.4 is 0 Å². The van der Waals surface area contributed by atoms with Crippen molar-refractivity contribution in [3.8, 4) is 0 Å². The van der Waals surface area contributed by atoms with Gasteiger partial charge in [-0.2, -0.15) is 0 Å². The summed E-state index contributed by atoms with van der Waals surface area (Å²) in [6, 6.07) is 0. The lowest BCUT2D eigenvalue weighted by molar-refractivity contribution is 0.0755. The second-order valence-corrected chi connectivity index (χ2v) is 4.18. The Bertz CT molecular complexity index is 399. The van der Waals surface area contributed by atoms with Crippen LogP contribution in [0.2, 0.25) is 0 Å². The first-order chi connectivity index (χ1) is 8.69. The molecule has 1 aromatic rings. The van der Waals surface area contributed by atoms with E-state index in [1.165, 1.54) is 0 Å². The molecule has 1 aliphatic rings. The molecule has 1 amide bonds. The van der Waals surface area contributed by atoms with Gasteiger partial charge in [0.05, 0.1) is 13.2 Å². The van der Waals surface area contributed by atoms with Gasteiger partial charge in [0.1, 0.15) is 0 Å². The molecule has 0 N–H and O–H groups in total. The van der Waals surface area contributed by atoms with Crippen LogP contribution in [0.25, 0.3) is 0 Å². The molecule has 7 nitrogen and oxygen atoms in total. The van der Waals surface area contributed by atoms with Crippen LogP contribution in [0, 0.1) is 6.92 Å². The van der Waals surface area contributed by atoms with E-state index in [1.54, 1.807) is 11.8 Å². The van der Waals surface area contributed by atoms with E-state index in [2.05, 4.69) is 15.1 Å². The third-order valence-corrected chi connectivity index (χ3v) is 2.83. The van der Waals surface area contributed by atoms with E-state index in [4.69, 9.17) is 9.15 Å². The SMILES string of the molecule is CCOC(=O)N1CCN(Cc2nnc(C)o2)CC1. The summed E-state index contributed by atoms with van der Waals surface area (Å²) in [6.07, 6.45) is -0.231. The molecular weight excluding hydrogens is 236 g/mol. The second kappa shape index (κ2) is 5.81. The zero-order valence-electron chi connectivity index (χ0n) is 10.8. The zero-order chi connectivity index (χ0) is 13.0. The van der Waals surface area contributed by atoms with Gasteiger partial charge in [0.2, 0.25) is 11.8 Å². The minimum Gasteiger partial charge on any atom is -0.450 e. The number of carbonyl (C=O) groups is 1. The van der Waals surface area contributed by atoms with Gasteiger partial charge in [-0.15, -0.1) is 10.2 Å². The highest BCUT2D eigenvalue weighted by atomic mass is 16.6. The minimum atomic E-state index is -0.231. The Hall–Kier alpha value is -1.63. The number of hydrogen-bond donors (Lipinski definition) is 0. The summed E-state index contributed by atoms with van der Waals surface area (Å²) in [4.78, 5) is 15.4. The van der Waals surface area contributed by atoms with Crippen LogP contribution in [0.15, 0.2) is 4.42 Å². The predicted octanol–water partition coefficient (Wildman–Crippen LogP) is 0.652. The molecule has 2 rings (SSSR count). The molecule has 0 aliphatic carbocycles. The van der Waals surface area contributed by atoms with E-state index >= 15 is 0 Å². The van der Waals surface area contributed by atoms with Gasteiger partial charge < -0.3 is 14.1 Å². The Morgan fingerprint density at radius 1 is 1.33 bits per heavy atom. The molecule has 0 bridgehead atoms. The number of piperazine rings is 1. The molecule has 0 radical (unpaired) electrons. The average Bonchev–Trinajstić information content (AvgIpc) is 2.76. The van der Waals surface area contributed by atoms with Crippen LogP contribution in [0.4, 0.5) is 4.79 Å². The number of carbonyl (C=O) groups excluding carboxylic acids is 1. The van der Waals surface area contributed by atoms with Crippen LogP contribution in [-0.2, 0) is 11.3 Å². The Labute approximate surface area is 106 Å². The lowest BCUT2D eigenvalue weighted by Gasteiger charge is -2.33. The molecule has 0 aromatic carbocycles. The number of amides is 1. The lowest BCUT2D eigenvalue weighted by Crippen LogP contribution is -2.48. The first kappa shape index (κ1) is 12.8. The first-order valence-electron chi connectivity index (χ1n) is 6.12. The van der Waals surface area contributed by atoms with Gasteiger partial charge in [0.25, 0.3) is 0 Å². The number of nitrogens with zero attached hydrogens (tertiary/aromatic N) is 4. The summed E-state index contributed by atoms with van der Waals surface area (Å²) < 4.78 is 10.3. The Kier molecular flexibility index (Phi) is 4.14. The van der Waals surface area contributed by atoms with Crippen molar-refractivity contribution in [2.24, 2.45) is 0 Å². The summed E-state index contributed by atoms with van der Waals surface area (Å²) in [5, 5.41) is 7.75. The highest BCUT2D eigenvalue weighted by Crippen LogP contribution is 2.08. The lowest BCUT2D eigenvalue weighted by atomic mass is 10.3. The second-order valence-electron chi connectivity index (χ2n) is 4.18. The Balaban J connectivity index is 1.78. The van der Waals surface area contributed by atoms with E-state index in [0.29, 0.717) is 38.0 Å². The molecule has 1 fully saturated rings. The quantitative estimate of drug-likeness (QED) is 0.788. The summed E-state index contributed by atoms with van der Waals surface area (Å²) in [5.41, 5.74) is 0. The minimum absolute atomic E-state index is 0.231. The largest absolute Gasteiger partial charge is 0.450 e. The standard InChI is InChI=1S/C11H18N4O3/c1-3-17-11(16)15-6-4-14(5-7-15)8-10-13-12-9(2)18-10/h3-8H2,1-2H3. The van der Waals surface area contributed by atoms with Gasteiger partial charge in [-0.05, 0) is 6.92 Å². The molecule has 7 heteroatoms. The Morgan fingerprint density at radius 2 is 2.06 bits per heavy atom. The highest BCUT2D eigenvalue weighted by molar-refractivity contribution is 5.67. The van der Waals surface area contributed by atoms with Crippen molar-refractivity contribution in [1.82, 2.24) is 20.0 Å². The van der Waals surface area contributed by atoms with Crippen LogP contribution in [0.3, 0.4) is 0 Å². The molecule has 2 heterocycles. The molecule has 1 saturated heterocycles. The van der Waals surface area contributed by atoms with Crippen LogP contribution in [-0.4, -0.2) is 58.9 Å². The van der Waals surface area contributed by atoms with Crippen molar-refractivity contribution in [2.75, 3.05) is 32.8 Å². The third kappa shape index (κ3) is 3.19. The van der Waals surface area contributed by atoms with Crippen molar-refractivity contribution in [1.29, 1.82) is 0 Å². The molecule has 0 saturated carbocycles.